The van der Waals surface area contributed by atoms with E-state index in [0.717, 1.165) is 12.1 Å². The van der Waals surface area contributed by atoms with E-state index in [4.69, 9.17) is 0 Å². The van der Waals surface area contributed by atoms with Crippen molar-refractivity contribution < 1.29 is 44.3 Å². The number of anilines is 1. The molecule has 0 radical (unpaired) electrons. The summed E-state index contributed by atoms with van der Waals surface area (Å²) in [4.78, 5) is 11.2. The van der Waals surface area contributed by atoms with Crippen molar-refractivity contribution in [3.63, 3.8) is 0 Å². The Morgan fingerprint density at radius 3 is 1.64 bits per heavy atom. The number of nitrogens with one attached hydrogen (secondary N) is 1. The Hall–Kier alpha value is -1.94. The van der Waals surface area contributed by atoms with Gasteiger partial charge in [-0.3, -0.25) is 4.79 Å². The van der Waals surface area contributed by atoms with E-state index in [1.54, 1.807) is 13.8 Å². The van der Waals surface area contributed by atoms with Gasteiger partial charge >= 0.3 is 29.9 Å². The van der Waals surface area contributed by atoms with E-state index in [9.17, 15) is 44.3 Å². The molecule has 25 heavy (non-hydrogen) atoms. The van der Waals surface area contributed by atoms with Gasteiger partial charge in [-0.05, 0) is 23.6 Å². The minimum absolute atomic E-state index is 0.000929. The van der Waals surface area contributed by atoms with Gasteiger partial charge in [-0.15, -0.1) is 0 Å². The van der Waals surface area contributed by atoms with E-state index in [1.165, 1.54) is 17.4 Å². The standard InChI is InChI=1S/C14H12F9NO/c1-7(2)8-3-5-9(6-4-8)24-10(25)11(15,16)12(17,18)13(19,20)14(21,22)23/h3-7H,1-2H3,(H,24,25). The molecule has 0 aliphatic carbocycles. The summed E-state index contributed by atoms with van der Waals surface area (Å²) in [5, 5.41) is 1.21. The maximum absolute atomic E-state index is 13.4. The molecule has 0 fully saturated rings. The lowest BCUT2D eigenvalue weighted by molar-refractivity contribution is -0.388. The summed E-state index contributed by atoms with van der Waals surface area (Å²) in [5.41, 5.74) is 0.207. The van der Waals surface area contributed by atoms with Crippen LogP contribution in [-0.4, -0.2) is 29.9 Å². The van der Waals surface area contributed by atoms with Gasteiger partial charge in [0.25, 0.3) is 0 Å². The van der Waals surface area contributed by atoms with E-state index < -0.39 is 35.5 Å². The van der Waals surface area contributed by atoms with Crippen LogP contribution >= 0.6 is 0 Å². The molecule has 0 atom stereocenters. The van der Waals surface area contributed by atoms with Crippen molar-refractivity contribution >= 4 is 11.6 Å². The average molecular weight is 381 g/mol. The smallest absolute Gasteiger partial charge is 0.321 e. The van der Waals surface area contributed by atoms with Gasteiger partial charge in [-0.2, -0.15) is 39.5 Å². The molecule has 1 aromatic carbocycles. The van der Waals surface area contributed by atoms with Gasteiger partial charge in [0.1, 0.15) is 0 Å². The van der Waals surface area contributed by atoms with Gasteiger partial charge in [0, 0.05) is 5.69 Å². The highest BCUT2D eigenvalue weighted by atomic mass is 19.4. The lowest BCUT2D eigenvalue weighted by Gasteiger charge is -2.32. The highest BCUT2D eigenvalue weighted by molar-refractivity contribution is 5.97. The predicted octanol–water partition coefficient (Wildman–Crippen LogP) is 5.22. The number of rotatable bonds is 5. The van der Waals surface area contributed by atoms with Gasteiger partial charge in [0.15, 0.2) is 0 Å². The van der Waals surface area contributed by atoms with Crippen LogP contribution in [0.5, 0.6) is 0 Å². The van der Waals surface area contributed by atoms with Gasteiger partial charge < -0.3 is 5.32 Å². The fraction of sp³-hybridized carbons (Fsp3) is 0.500. The minimum atomic E-state index is -7.11. The minimum Gasteiger partial charge on any atom is -0.321 e. The van der Waals surface area contributed by atoms with Crippen LogP contribution in [0.4, 0.5) is 45.2 Å². The molecule has 1 N–H and O–H groups in total. The third kappa shape index (κ3) is 3.69. The van der Waals surface area contributed by atoms with Crippen molar-refractivity contribution in [1.82, 2.24) is 0 Å². The van der Waals surface area contributed by atoms with Gasteiger partial charge in [0.05, 0.1) is 0 Å². The van der Waals surface area contributed by atoms with Crippen molar-refractivity contribution in [3.8, 4) is 0 Å². The molecule has 0 spiro atoms. The molecule has 11 heteroatoms. The molecule has 0 bridgehead atoms. The number of halogens is 9. The fourth-order valence-electron chi connectivity index (χ4n) is 1.68. The molecule has 1 aromatic rings. The SMILES string of the molecule is CC(C)c1ccc(NC(=O)C(F)(F)C(F)(F)C(F)(F)C(F)(F)F)cc1. The third-order valence-electron chi connectivity index (χ3n) is 3.27. The van der Waals surface area contributed by atoms with E-state index >= 15 is 0 Å². The van der Waals surface area contributed by atoms with Crippen LogP contribution in [0.15, 0.2) is 24.3 Å². The Labute approximate surface area is 136 Å². The maximum Gasteiger partial charge on any atom is 0.460 e. The summed E-state index contributed by atoms with van der Waals surface area (Å²) in [5.74, 6) is -23.4. The summed E-state index contributed by atoms with van der Waals surface area (Å²) in [6.45, 7) is 3.53. The average Bonchev–Trinajstić information content (AvgIpc) is 2.46. The van der Waals surface area contributed by atoms with Gasteiger partial charge in [-0.25, -0.2) is 0 Å². The Morgan fingerprint density at radius 1 is 0.840 bits per heavy atom. The monoisotopic (exact) mass is 381 g/mol. The lowest BCUT2D eigenvalue weighted by Crippen LogP contribution is -2.64. The zero-order chi connectivity index (χ0) is 19.8. The summed E-state index contributed by atoms with van der Waals surface area (Å²) in [6.07, 6.45) is -6.97. The topological polar surface area (TPSA) is 29.1 Å². The molecule has 2 nitrogen and oxygen atoms in total. The normalized spacial score (nSPS) is 13.9. The zero-order valence-electron chi connectivity index (χ0n) is 12.7. The van der Waals surface area contributed by atoms with Crippen LogP contribution in [0.3, 0.4) is 0 Å². The number of amides is 1. The highest BCUT2D eigenvalue weighted by Gasteiger charge is 2.83. The van der Waals surface area contributed by atoms with E-state index in [1.807, 2.05) is 0 Å². The molecule has 0 saturated carbocycles. The molecule has 0 aromatic heterocycles. The second kappa shape index (κ2) is 6.41. The first kappa shape index (κ1) is 21.1. The number of benzene rings is 1. The molecule has 0 aliphatic heterocycles. The van der Waals surface area contributed by atoms with Crippen LogP contribution in [0.1, 0.15) is 25.3 Å². The number of hydrogen-bond acceptors (Lipinski definition) is 1. The molecule has 1 amide bonds. The Kier molecular flexibility index (Phi) is 5.41. The Bertz CT molecular complexity index is 620. The van der Waals surface area contributed by atoms with Crippen LogP contribution in [0.25, 0.3) is 0 Å². The second-order valence-electron chi connectivity index (χ2n) is 5.45. The Morgan fingerprint density at radius 2 is 1.28 bits per heavy atom. The summed E-state index contributed by atoms with van der Waals surface area (Å²) in [7, 11) is 0. The molecule has 0 unspecified atom stereocenters. The first-order chi connectivity index (χ1) is 11.1. The number of carbonyl (C=O) groups excluding carboxylic acids is 1. The number of hydrogen-bond donors (Lipinski definition) is 1. The maximum atomic E-state index is 13.4. The molecule has 0 aliphatic rings. The summed E-state index contributed by atoms with van der Waals surface area (Å²) in [6, 6.07) is 4.70. The van der Waals surface area contributed by atoms with E-state index in [0.29, 0.717) is 5.56 Å². The summed E-state index contributed by atoms with van der Waals surface area (Å²) < 4.78 is 114. The molecule has 1 rings (SSSR count). The van der Waals surface area contributed by atoms with Crippen LogP contribution < -0.4 is 5.32 Å². The van der Waals surface area contributed by atoms with Crippen molar-refractivity contribution in [2.45, 2.75) is 43.7 Å². The third-order valence-corrected chi connectivity index (χ3v) is 3.27. The molecule has 0 saturated heterocycles. The van der Waals surface area contributed by atoms with Crippen molar-refractivity contribution in [1.29, 1.82) is 0 Å². The van der Waals surface area contributed by atoms with E-state index in [2.05, 4.69) is 0 Å². The highest BCUT2D eigenvalue weighted by Crippen LogP contribution is 2.53. The van der Waals surface area contributed by atoms with E-state index in [-0.39, 0.29) is 5.92 Å². The van der Waals surface area contributed by atoms with Crippen LogP contribution in [0, 0.1) is 0 Å². The molecular formula is C14H12F9NO. The second-order valence-corrected chi connectivity index (χ2v) is 5.45. The first-order valence-corrected chi connectivity index (χ1v) is 6.67. The van der Waals surface area contributed by atoms with Crippen LogP contribution in [-0.2, 0) is 4.79 Å². The van der Waals surface area contributed by atoms with Gasteiger partial charge in [0.2, 0.25) is 0 Å². The molecule has 0 heterocycles. The predicted molar refractivity (Wildman–Crippen MR) is 70.1 cm³/mol. The first-order valence-electron chi connectivity index (χ1n) is 6.67. The summed E-state index contributed by atoms with van der Waals surface area (Å²) >= 11 is 0. The zero-order valence-corrected chi connectivity index (χ0v) is 12.7. The van der Waals surface area contributed by atoms with Crippen molar-refractivity contribution in [2.75, 3.05) is 5.32 Å². The molecule has 142 valence electrons. The lowest BCUT2D eigenvalue weighted by atomic mass is 10.0. The molecular weight excluding hydrogens is 369 g/mol. The number of carbonyl (C=O) groups is 1. The van der Waals surface area contributed by atoms with Gasteiger partial charge in [-0.1, -0.05) is 26.0 Å². The van der Waals surface area contributed by atoms with Crippen molar-refractivity contribution in [3.05, 3.63) is 29.8 Å². The number of alkyl halides is 9. The van der Waals surface area contributed by atoms with Crippen LogP contribution in [0.2, 0.25) is 0 Å². The fourth-order valence-corrected chi connectivity index (χ4v) is 1.68. The Balaban J connectivity index is 3.10. The quantitative estimate of drug-likeness (QED) is 0.697. The largest absolute Gasteiger partial charge is 0.460 e. The van der Waals surface area contributed by atoms with Crippen molar-refractivity contribution in [2.24, 2.45) is 0 Å².